The molecule has 2 aromatic rings. The second kappa shape index (κ2) is 8.79. The largest absolute Gasteiger partial charge is 0.303 e. The van der Waals surface area contributed by atoms with E-state index in [0.29, 0.717) is 23.1 Å². The molecule has 1 N–H and O–H groups in total. The summed E-state index contributed by atoms with van der Waals surface area (Å²) in [7, 11) is 0. The Labute approximate surface area is 167 Å². The molecular weight excluding hydrogens is 376 g/mol. The number of amides is 1. The Balaban J connectivity index is 1.59. The van der Waals surface area contributed by atoms with Crippen molar-refractivity contribution in [3.63, 3.8) is 0 Å². The summed E-state index contributed by atoms with van der Waals surface area (Å²) in [6.45, 7) is 4.30. The van der Waals surface area contributed by atoms with Crippen molar-refractivity contribution in [2.45, 2.75) is 31.4 Å². The van der Waals surface area contributed by atoms with Crippen LogP contribution in [0.1, 0.15) is 36.5 Å². The van der Waals surface area contributed by atoms with Gasteiger partial charge in [0, 0.05) is 12.1 Å². The highest BCUT2D eigenvalue weighted by molar-refractivity contribution is 8.15. The third-order valence-corrected chi connectivity index (χ3v) is 5.38. The van der Waals surface area contributed by atoms with Gasteiger partial charge in [0.05, 0.1) is 16.4 Å². The molecule has 1 aliphatic rings. The highest BCUT2D eigenvalue weighted by atomic mass is 32.2. The van der Waals surface area contributed by atoms with Gasteiger partial charge in [-0.1, -0.05) is 49.9 Å². The third-order valence-electron chi connectivity index (χ3n) is 4.30. The van der Waals surface area contributed by atoms with E-state index in [9.17, 15) is 14.9 Å². The third kappa shape index (κ3) is 5.04. The van der Waals surface area contributed by atoms with Gasteiger partial charge in [0.1, 0.15) is 0 Å². The Morgan fingerprint density at radius 3 is 2.46 bits per heavy atom. The van der Waals surface area contributed by atoms with Crippen LogP contribution in [0.3, 0.4) is 0 Å². The molecule has 7 nitrogen and oxygen atoms in total. The average molecular weight is 396 g/mol. The van der Waals surface area contributed by atoms with E-state index in [1.54, 1.807) is 12.1 Å². The fraction of sp³-hybridized carbons (Fsp3) is 0.250. The van der Waals surface area contributed by atoms with Crippen LogP contribution in [-0.4, -0.2) is 27.5 Å². The maximum absolute atomic E-state index is 12.2. The molecule has 2 aromatic carbocycles. The van der Waals surface area contributed by atoms with Gasteiger partial charge >= 0.3 is 0 Å². The van der Waals surface area contributed by atoms with Crippen LogP contribution in [0, 0.1) is 10.1 Å². The first-order valence-corrected chi connectivity index (χ1v) is 9.72. The van der Waals surface area contributed by atoms with Gasteiger partial charge in [-0.05, 0) is 41.2 Å². The number of nitro benzene ring substituents is 1. The van der Waals surface area contributed by atoms with Crippen molar-refractivity contribution in [3.8, 4) is 0 Å². The molecule has 1 atom stereocenters. The number of rotatable bonds is 6. The summed E-state index contributed by atoms with van der Waals surface area (Å²) in [6.07, 6.45) is 2.11. The molecule has 3 rings (SSSR count). The number of hydrogen-bond donors (Lipinski definition) is 1. The molecule has 0 saturated carbocycles. The zero-order valence-electron chi connectivity index (χ0n) is 15.5. The first-order valence-electron chi connectivity index (χ1n) is 8.84. The first kappa shape index (κ1) is 19.8. The molecule has 144 valence electrons. The van der Waals surface area contributed by atoms with E-state index >= 15 is 0 Å². The summed E-state index contributed by atoms with van der Waals surface area (Å²) in [5, 5.41) is 21.6. The minimum absolute atomic E-state index is 0.0198. The summed E-state index contributed by atoms with van der Waals surface area (Å²) in [5.41, 5.74) is 3.08. The molecule has 0 aromatic heterocycles. The maximum Gasteiger partial charge on any atom is 0.269 e. The van der Waals surface area contributed by atoms with Crippen LogP contribution < -0.4 is 5.32 Å². The fourth-order valence-corrected chi connectivity index (χ4v) is 3.63. The van der Waals surface area contributed by atoms with Gasteiger partial charge in [0.2, 0.25) is 5.91 Å². The van der Waals surface area contributed by atoms with Gasteiger partial charge in [0.25, 0.3) is 5.69 Å². The summed E-state index contributed by atoms with van der Waals surface area (Å²) >= 11 is 1.35. The van der Waals surface area contributed by atoms with Crippen LogP contribution in [0.5, 0.6) is 0 Å². The molecule has 1 heterocycles. The molecule has 1 fully saturated rings. The Kier molecular flexibility index (Phi) is 6.20. The number of carbonyl (C=O) groups excluding carboxylic acids is 1. The van der Waals surface area contributed by atoms with Crippen LogP contribution in [0.15, 0.2) is 58.7 Å². The van der Waals surface area contributed by atoms with Crippen LogP contribution in [0.2, 0.25) is 0 Å². The maximum atomic E-state index is 12.2. The molecule has 1 saturated heterocycles. The summed E-state index contributed by atoms with van der Waals surface area (Å²) in [5.74, 6) is 0.396. The molecule has 28 heavy (non-hydrogen) atoms. The zero-order chi connectivity index (χ0) is 20.1. The van der Waals surface area contributed by atoms with E-state index in [-0.39, 0.29) is 16.8 Å². The normalized spacial score (nSPS) is 18.2. The Morgan fingerprint density at radius 1 is 1.18 bits per heavy atom. The predicted molar refractivity (Wildman–Crippen MR) is 112 cm³/mol. The Bertz CT molecular complexity index is 921. The molecular formula is C20H20N4O3S. The molecule has 0 aliphatic carbocycles. The molecule has 0 unspecified atom stereocenters. The molecule has 0 spiro atoms. The molecule has 1 amide bonds. The summed E-state index contributed by atoms with van der Waals surface area (Å²) in [4.78, 5) is 22.4. The topological polar surface area (TPSA) is 97.0 Å². The number of amidine groups is 1. The van der Waals surface area contributed by atoms with Gasteiger partial charge in [-0.3, -0.25) is 14.9 Å². The number of nitrogens with zero attached hydrogens (tertiary/aromatic N) is 3. The number of benzene rings is 2. The van der Waals surface area contributed by atoms with Crippen molar-refractivity contribution >= 4 is 34.7 Å². The van der Waals surface area contributed by atoms with E-state index < -0.39 is 4.92 Å². The second-order valence-electron chi connectivity index (χ2n) is 6.69. The second-order valence-corrected chi connectivity index (χ2v) is 7.89. The number of non-ortho nitro benzene ring substituents is 1. The number of nitrogens with one attached hydrogen (secondary N) is 1. The average Bonchev–Trinajstić information content (AvgIpc) is 3.02. The van der Waals surface area contributed by atoms with Gasteiger partial charge in [-0.25, -0.2) is 0 Å². The van der Waals surface area contributed by atoms with Gasteiger partial charge in [0.15, 0.2) is 5.17 Å². The monoisotopic (exact) mass is 396 g/mol. The number of carbonyl (C=O) groups is 1. The summed E-state index contributed by atoms with van der Waals surface area (Å²) in [6, 6.07) is 14.3. The highest BCUT2D eigenvalue weighted by Gasteiger charge is 2.30. The minimum atomic E-state index is -0.456. The number of nitro groups is 1. The van der Waals surface area contributed by atoms with Crippen molar-refractivity contribution in [1.29, 1.82) is 0 Å². The van der Waals surface area contributed by atoms with Crippen LogP contribution in [0.4, 0.5) is 5.69 Å². The fourth-order valence-electron chi connectivity index (χ4n) is 2.67. The van der Waals surface area contributed by atoms with Crippen LogP contribution in [0.25, 0.3) is 0 Å². The lowest BCUT2D eigenvalue weighted by atomic mass is 10.0. The predicted octanol–water partition coefficient (Wildman–Crippen LogP) is 3.88. The minimum Gasteiger partial charge on any atom is -0.303 e. The van der Waals surface area contributed by atoms with Crippen molar-refractivity contribution in [1.82, 2.24) is 5.32 Å². The number of hydrogen-bond acceptors (Lipinski definition) is 6. The lowest BCUT2D eigenvalue weighted by Crippen LogP contribution is -2.25. The lowest BCUT2D eigenvalue weighted by Gasteiger charge is -2.08. The molecule has 0 bridgehead atoms. The standard InChI is InChI=1S/C20H20N4O3S/c1-13(2)16-7-3-14(4-8-16)11-18-19(25)22-20(28-18)23-21-12-15-5-9-17(10-6-15)24(26)27/h3-10,12-13,18H,11H2,1-2H3,(H,22,23,25)/b21-12-/t18-/m0/s1. The molecule has 8 heteroatoms. The molecule has 1 aliphatic heterocycles. The van der Waals surface area contributed by atoms with E-state index in [0.717, 1.165) is 5.56 Å². The van der Waals surface area contributed by atoms with Crippen LogP contribution >= 0.6 is 11.8 Å². The lowest BCUT2D eigenvalue weighted by molar-refractivity contribution is -0.384. The Morgan fingerprint density at radius 2 is 1.86 bits per heavy atom. The SMILES string of the molecule is CC(C)c1ccc(C[C@@H]2SC(=N/N=C\c3ccc([N+](=O)[O-])cc3)NC2=O)cc1. The van der Waals surface area contributed by atoms with E-state index in [1.165, 1.54) is 35.7 Å². The van der Waals surface area contributed by atoms with E-state index in [1.807, 2.05) is 0 Å². The van der Waals surface area contributed by atoms with Gasteiger partial charge in [-0.15, -0.1) is 5.10 Å². The van der Waals surface area contributed by atoms with Gasteiger partial charge < -0.3 is 5.32 Å². The summed E-state index contributed by atoms with van der Waals surface area (Å²) < 4.78 is 0. The molecule has 0 radical (unpaired) electrons. The van der Waals surface area contributed by atoms with Gasteiger partial charge in [-0.2, -0.15) is 5.10 Å². The van der Waals surface area contributed by atoms with Crippen molar-refractivity contribution in [2.24, 2.45) is 10.2 Å². The van der Waals surface area contributed by atoms with Crippen molar-refractivity contribution in [3.05, 3.63) is 75.3 Å². The quantitative estimate of drug-likeness (QED) is 0.455. The van der Waals surface area contributed by atoms with E-state index in [2.05, 4.69) is 53.6 Å². The first-order chi connectivity index (χ1) is 13.4. The van der Waals surface area contributed by atoms with Crippen molar-refractivity contribution in [2.75, 3.05) is 0 Å². The Hall–Kier alpha value is -3.00. The zero-order valence-corrected chi connectivity index (χ0v) is 16.3. The van der Waals surface area contributed by atoms with Crippen molar-refractivity contribution < 1.29 is 9.72 Å². The van der Waals surface area contributed by atoms with E-state index in [4.69, 9.17) is 0 Å². The number of thioether (sulfide) groups is 1. The van der Waals surface area contributed by atoms with Crippen LogP contribution in [-0.2, 0) is 11.2 Å². The smallest absolute Gasteiger partial charge is 0.269 e. The highest BCUT2D eigenvalue weighted by Crippen LogP contribution is 2.24.